The van der Waals surface area contributed by atoms with Crippen LogP contribution >= 0.6 is 0 Å². The average molecular weight is 318 g/mol. The lowest BCUT2D eigenvalue weighted by Gasteiger charge is -2.26. The highest BCUT2D eigenvalue weighted by molar-refractivity contribution is 5.78. The van der Waals surface area contributed by atoms with Gasteiger partial charge in [-0.3, -0.25) is 9.69 Å². The number of rotatable bonds is 5. The molecule has 2 aliphatic heterocycles. The molecule has 0 spiro atoms. The molecule has 2 aliphatic rings. The summed E-state index contributed by atoms with van der Waals surface area (Å²) in [5, 5.41) is 3.12. The summed E-state index contributed by atoms with van der Waals surface area (Å²) in [6.45, 7) is 6.02. The molecule has 3 rings (SSSR count). The van der Waals surface area contributed by atoms with Crippen LogP contribution in [0.5, 0.6) is 0 Å². The molecule has 0 radical (unpaired) electrons. The lowest BCUT2D eigenvalue weighted by atomic mass is 10.1. The Morgan fingerprint density at radius 3 is 2.57 bits per heavy atom. The third-order valence-corrected chi connectivity index (χ3v) is 4.45. The van der Waals surface area contributed by atoms with E-state index in [0.29, 0.717) is 6.42 Å². The number of carbonyl (C=O) groups is 1. The summed E-state index contributed by atoms with van der Waals surface area (Å²) in [6.07, 6.45) is 2.29. The topological polar surface area (TPSA) is 50.8 Å². The monoisotopic (exact) mass is 318 g/mol. The number of hydrogen-bond acceptors (Lipinski definition) is 4. The summed E-state index contributed by atoms with van der Waals surface area (Å²) in [7, 11) is 0. The van der Waals surface area contributed by atoms with E-state index in [0.717, 1.165) is 64.5 Å². The first-order valence-corrected chi connectivity index (χ1v) is 8.54. The van der Waals surface area contributed by atoms with Crippen LogP contribution in [0.2, 0.25) is 0 Å². The first-order chi connectivity index (χ1) is 11.3. The van der Waals surface area contributed by atoms with Crippen molar-refractivity contribution in [3.8, 4) is 0 Å². The zero-order valence-electron chi connectivity index (χ0n) is 13.6. The van der Waals surface area contributed by atoms with Gasteiger partial charge < -0.3 is 14.8 Å². The molecule has 2 heterocycles. The molecule has 2 fully saturated rings. The van der Waals surface area contributed by atoms with Gasteiger partial charge in [0.2, 0.25) is 5.91 Å². The van der Waals surface area contributed by atoms with E-state index in [1.165, 1.54) is 5.56 Å². The number of morpholine rings is 1. The van der Waals surface area contributed by atoms with Crippen molar-refractivity contribution in [2.24, 2.45) is 0 Å². The molecule has 5 nitrogen and oxygen atoms in total. The van der Waals surface area contributed by atoms with Crippen LogP contribution in [0.4, 0.5) is 0 Å². The maximum Gasteiger partial charge on any atom is 0.224 e. The highest BCUT2D eigenvalue weighted by atomic mass is 16.5. The van der Waals surface area contributed by atoms with Gasteiger partial charge in [0.25, 0.3) is 0 Å². The van der Waals surface area contributed by atoms with E-state index in [9.17, 15) is 4.79 Å². The van der Waals surface area contributed by atoms with Crippen LogP contribution in [0.15, 0.2) is 24.3 Å². The van der Waals surface area contributed by atoms with E-state index in [-0.39, 0.29) is 11.9 Å². The van der Waals surface area contributed by atoms with Gasteiger partial charge >= 0.3 is 0 Å². The molecule has 0 saturated carbocycles. The summed E-state index contributed by atoms with van der Waals surface area (Å²) in [6, 6.07) is 8.64. The predicted molar refractivity (Wildman–Crippen MR) is 88.2 cm³/mol. The zero-order chi connectivity index (χ0) is 15.9. The molecule has 0 bridgehead atoms. The lowest BCUT2D eigenvalue weighted by molar-refractivity contribution is -0.121. The molecule has 126 valence electrons. The standard InChI is InChI=1S/C18H26N2O3/c21-18(19-17-4-8-22-9-5-17)13-15-2-1-3-16(12-15)14-20-6-10-23-11-7-20/h1-3,12,17H,4-11,13-14H2,(H,19,21). The summed E-state index contributed by atoms with van der Waals surface area (Å²) in [5.74, 6) is 0.112. The average Bonchev–Trinajstić information content (AvgIpc) is 2.57. The normalized spacial score (nSPS) is 20.3. The van der Waals surface area contributed by atoms with Crippen molar-refractivity contribution in [3.05, 3.63) is 35.4 Å². The summed E-state index contributed by atoms with van der Waals surface area (Å²) in [5.41, 5.74) is 2.35. The van der Waals surface area contributed by atoms with Gasteiger partial charge in [0.05, 0.1) is 19.6 Å². The van der Waals surface area contributed by atoms with Gasteiger partial charge in [-0.2, -0.15) is 0 Å². The molecule has 23 heavy (non-hydrogen) atoms. The molecular formula is C18H26N2O3. The van der Waals surface area contributed by atoms with Crippen LogP contribution < -0.4 is 5.32 Å². The fraction of sp³-hybridized carbons (Fsp3) is 0.611. The Balaban J connectivity index is 1.50. The number of hydrogen-bond donors (Lipinski definition) is 1. The van der Waals surface area contributed by atoms with Crippen LogP contribution in [-0.2, 0) is 27.2 Å². The highest BCUT2D eigenvalue weighted by Gasteiger charge is 2.16. The number of carbonyl (C=O) groups excluding carboxylic acids is 1. The van der Waals surface area contributed by atoms with E-state index in [1.807, 2.05) is 12.1 Å². The van der Waals surface area contributed by atoms with Crippen LogP contribution in [0.1, 0.15) is 24.0 Å². The molecule has 5 heteroatoms. The van der Waals surface area contributed by atoms with Gasteiger partial charge in [-0.25, -0.2) is 0 Å². The summed E-state index contributed by atoms with van der Waals surface area (Å²) < 4.78 is 10.7. The Bertz CT molecular complexity index is 509. The molecule has 2 saturated heterocycles. The highest BCUT2D eigenvalue weighted by Crippen LogP contribution is 2.11. The second kappa shape index (κ2) is 8.43. The second-order valence-electron chi connectivity index (χ2n) is 6.34. The molecule has 0 aliphatic carbocycles. The fourth-order valence-electron chi connectivity index (χ4n) is 3.16. The van der Waals surface area contributed by atoms with Crippen LogP contribution in [0.25, 0.3) is 0 Å². The van der Waals surface area contributed by atoms with Gasteiger partial charge in [0.1, 0.15) is 0 Å². The van der Waals surface area contributed by atoms with Crippen molar-refractivity contribution in [3.63, 3.8) is 0 Å². The van der Waals surface area contributed by atoms with Crippen molar-refractivity contribution < 1.29 is 14.3 Å². The molecule has 0 unspecified atom stereocenters. The van der Waals surface area contributed by atoms with Crippen molar-refractivity contribution in [2.45, 2.75) is 31.8 Å². The minimum atomic E-state index is 0.112. The van der Waals surface area contributed by atoms with Crippen LogP contribution in [0.3, 0.4) is 0 Å². The summed E-state index contributed by atoms with van der Waals surface area (Å²) >= 11 is 0. The minimum absolute atomic E-state index is 0.112. The van der Waals surface area contributed by atoms with E-state index >= 15 is 0 Å². The van der Waals surface area contributed by atoms with E-state index in [1.54, 1.807) is 0 Å². The predicted octanol–water partition coefficient (Wildman–Crippen LogP) is 1.36. The quantitative estimate of drug-likeness (QED) is 0.890. The Hall–Kier alpha value is -1.43. The molecule has 1 amide bonds. The Kier molecular flexibility index (Phi) is 6.02. The Morgan fingerprint density at radius 1 is 1.09 bits per heavy atom. The third-order valence-electron chi connectivity index (χ3n) is 4.45. The molecule has 1 aromatic carbocycles. The molecule has 1 aromatic rings. The molecule has 0 aromatic heterocycles. The third kappa shape index (κ3) is 5.30. The number of amides is 1. The van der Waals surface area contributed by atoms with Gasteiger partial charge in [0, 0.05) is 38.9 Å². The van der Waals surface area contributed by atoms with Crippen LogP contribution in [0, 0.1) is 0 Å². The van der Waals surface area contributed by atoms with Crippen molar-refractivity contribution in [1.82, 2.24) is 10.2 Å². The minimum Gasteiger partial charge on any atom is -0.381 e. The van der Waals surface area contributed by atoms with Crippen molar-refractivity contribution in [2.75, 3.05) is 39.5 Å². The van der Waals surface area contributed by atoms with Crippen LogP contribution in [-0.4, -0.2) is 56.4 Å². The second-order valence-corrected chi connectivity index (χ2v) is 6.34. The van der Waals surface area contributed by atoms with E-state index < -0.39 is 0 Å². The van der Waals surface area contributed by atoms with Gasteiger partial charge in [-0.05, 0) is 24.0 Å². The number of benzene rings is 1. The maximum absolute atomic E-state index is 12.2. The fourth-order valence-corrected chi connectivity index (χ4v) is 3.16. The Morgan fingerprint density at radius 2 is 1.78 bits per heavy atom. The maximum atomic E-state index is 12.2. The lowest BCUT2D eigenvalue weighted by Crippen LogP contribution is -2.39. The largest absolute Gasteiger partial charge is 0.381 e. The van der Waals surface area contributed by atoms with Crippen molar-refractivity contribution in [1.29, 1.82) is 0 Å². The van der Waals surface area contributed by atoms with E-state index in [4.69, 9.17) is 9.47 Å². The molecule has 1 N–H and O–H groups in total. The van der Waals surface area contributed by atoms with Gasteiger partial charge in [0.15, 0.2) is 0 Å². The van der Waals surface area contributed by atoms with E-state index in [2.05, 4.69) is 22.3 Å². The number of nitrogens with one attached hydrogen (secondary N) is 1. The first kappa shape index (κ1) is 16.4. The molecule has 0 atom stereocenters. The first-order valence-electron chi connectivity index (χ1n) is 8.54. The smallest absolute Gasteiger partial charge is 0.224 e. The van der Waals surface area contributed by atoms with Crippen molar-refractivity contribution >= 4 is 5.91 Å². The number of ether oxygens (including phenoxy) is 2. The Labute approximate surface area is 137 Å². The molecular weight excluding hydrogens is 292 g/mol. The SMILES string of the molecule is O=C(Cc1cccc(CN2CCOCC2)c1)NC1CCOCC1. The number of nitrogens with zero attached hydrogens (tertiary/aromatic N) is 1. The van der Waals surface area contributed by atoms with Gasteiger partial charge in [-0.15, -0.1) is 0 Å². The van der Waals surface area contributed by atoms with Gasteiger partial charge in [-0.1, -0.05) is 24.3 Å². The zero-order valence-corrected chi connectivity index (χ0v) is 13.6. The summed E-state index contributed by atoms with van der Waals surface area (Å²) in [4.78, 5) is 14.6.